The number of nitrogens with one attached hydrogen (secondary N) is 1. The van der Waals surface area contributed by atoms with Crippen LogP contribution in [-0.2, 0) is 6.42 Å². The molecule has 4 aliphatic rings. The number of fused-ring (bicyclic) bond motifs is 5. The van der Waals surface area contributed by atoms with Crippen molar-refractivity contribution in [2.45, 2.75) is 25.3 Å². The topological polar surface area (TPSA) is 55.9 Å². The van der Waals surface area contributed by atoms with Crippen molar-refractivity contribution < 1.29 is 9.59 Å². The third-order valence-corrected chi connectivity index (χ3v) is 5.76. The van der Waals surface area contributed by atoms with Gasteiger partial charge in [0.2, 0.25) is 0 Å². The highest BCUT2D eigenvalue weighted by Crippen LogP contribution is 2.21. The average Bonchev–Trinajstić information content (AvgIpc) is 2.98. The van der Waals surface area contributed by atoms with Crippen LogP contribution in [0.15, 0.2) is 24.3 Å². The summed E-state index contributed by atoms with van der Waals surface area (Å²) < 4.78 is 0. The molecule has 0 aromatic heterocycles. The summed E-state index contributed by atoms with van der Waals surface area (Å²) in [5.41, 5.74) is 1.93. The zero-order valence-electron chi connectivity index (χ0n) is 14.6. The lowest BCUT2D eigenvalue weighted by Gasteiger charge is -2.32. The van der Waals surface area contributed by atoms with E-state index in [2.05, 4.69) is 10.2 Å². The molecule has 0 radical (unpaired) electrons. The van der Waals surface area contributed by atoms with Crippen LogP contribution in [-0.4, -0.2) is 78.5 Å². The normalized spacial score (nSPS) is 25.5. The number of nitrogens with zero attached hydrogens (tertiary/aromatic N) is 3. The van der Waals surface area contributed by atoms with Crippen LogP contribution in [0.25, 0.3) is 0 Å². The predicted molar refractivity (Wildman–Crippen MR) is 95.6 cm³/mol. The van der Waals surface area contributed by atoms with Crippen molar-refractivity contribution in [1.82, 2.24) is 20.0 Å². The van der Waals surface area contributed by atoms with Crippen LogP contribution in [0.5, 0.6) is 0 Å². The molecule has 5 rings (SSSR count). The lowest BCUT2D eigenvalue weighted by molar-refractivity contribution is 0.0740. The number of piperidine rings is 1. The van der Waals surface area contributed by atoms with Gasteiger partial charge in [0, 0.05) is 57.4 Å². The first kappa shape index (κ1) is 16.4. The number of hydrogen-bond donors (Lipinski definition) is 1. The lowest BCUT2D eigenvalue weighted by atomic mass is 9.99. The second kappa shape index (κ2) is 7.04. The monoisotopic (exact) mass is 342 g/mol. The first-order chi connectivity index (χ1) is 12.2. The Balaban J connectivity index is 1.29. The number of hydrogen-bond acceptors (Lipinski definition) is 3. The fourth-order valence-electron chi connectivity index (χ4n) is 4.24. The van der Waals surface area contributed by atoms with E-state index >= 15 is 0 Å². The molecule has 2 bridgehead atoms. The van der Waals surface area contributed by atoms with Gasteiger partial charge in [-0.2, -0.15) is 0 Å². The Bertz CT molecular complexity index is 655. The summed E-state index contributed by atoms with van der Waals surface area (Å²) in [6.45, 7) is 5.82. The highest BCUT2D eigenvalue weighted by molar-refractivity contribution is 5.96. The SMILES string of the molecule is O=C1c2ccccc2CCN1CCNC(=O)N1CCN2CCC1CC2. The highest BCUT2D eigenvalue weighted by Gasteiger charge is 2.32. The van der Waals surface area contributed by atoms with Gasteiger partial charge in [0.05, 0.1) is 0 Å². The molecule has 6 heteroatoms. The largest absolute Gasteiger partial charge is 0.337 e. The fourth-order valence-corrected chi connectivity index (χ4v) is 4.24. The van der Waals surface area contributed by atoms with Crippen LogP contribution in [0.1, 0.15) is 28.8 Å². The Hall–Kier alpha value is -2.08. The van der Waals surface area contributed by atoms with Gasteiger partial charge in [-0.25, -0.2) is 4.79 Å². The van der Waals surface area contributed by atoms with Gasteiger partial charge in [0.15, 0.2) is 0 Å². The number of urea groups is 1. The van der Waals surface area contributed by atoms with Gasteiger partial charge in [-0.15, -0.1) is 0 Å². The van der Waals surface area contributed by atoms with Crippen molar-refractivity contribution in [3.05, 3.63) is 35.4 Å². The van der Waals surface area contributed by atoms with E-state index in [1.165, 1.54) is 0 Å². The van der Waals surface area contributed by atoms with Crippen LogP contribution >= 0.6 is 0 Å². The van der Waals surface area contributed by atoms with E-state index in [0.29, 0.717) is 19.1 Å². The minimum Gasteiger partial charge on any atom is -0.337 e. The van der Waals surface area contributed by atoms with E-state index in [1.807, 2.05) is 34.1 Å². The van der Waals surface area contributed by atoms with Crippen molar-refractivity contribution in [3.8, 4) is 0 Å². The van der Waals surface area contributed by atoms with E-state index in [9.17, 15) is 9.59 Å². The minimum absolute atomic E-state index is 0.0265. The fraction of sp³-hybridized carbons (Fsp3) is 0.579. The zero-order chi connectivity index (χ0) is 17.2. The number of amides is 3. The van der Waals surface area contributed by atoms with Crippen molar-refractivity contribution in [1.29, 1.82) is 0 Å². The van der Waals surface area contributed by atoms with Crippen LogP contribution in [0.2, 0.25) is 0 Å². The van der Waals surface area contributed by atoms with Crippen molar-refractivity contribution in [2.24, 2.45) is 0 Å². The maximum absolute atomic E-state index is 12.6. The summed E-state index contributed by atoms with van der Waals surface area (Å²) in [5.74, 6) is 0.0808. The third kappa shape index (κ3) is 3.35. The lowest BCUT2D eigenvalue weighted by Crippen LogP contribution is -2.49. The molecule has 0 spiro atoms. The summed E-state index contributed by atoms with van der Waals surface area (Å²) in [6, 6.07) is 8.21. The quantitative estimate of drug-likeness (QED) is 0.897. The second-order valence-electron chi connectivity index (χ2n) is 7.20. The van der Waals surface area contributed by atoms with Crippen LogP contribution in [0.3, 0.4) is 0 Å². The van der Waals surface area contributed by atoms with Crippen LogP contribution in [0.4, 0.5) is 4.79 Å². The zero-order valence-corrected chi connectivity index (χ0v) is 14.6. The number of rotatable bonds is 3. The molecular formula is C19H26N4O2. The summed E-state index contributed by atoms with van der Waals surface area (Å²) in [5, 5.41) is 3.03. The molecule has 3 amide bonds. The molecule has 3 fully saturated rings. The van der Waals surface area contributed by atoms with Crippen molar-refractivity contribution in [3.63, 3.8) is 0 Å². The number of carbonyl (C=O) groups excluding carboxylic acids is 2. The molecule has 1 N–H and O–H groups in total. The van der Waals surface area contributed by atoms with Gasteiger partial charge in [-0.1, -0.05) is 18.2 Å². The van der Waals surface area contributed by atoms with Gasteiger partial charge in [0.25, 0.3) is 5.91 Å². The predicted octanol–water partition coefficient (Wildman–Crippen LogP) is 1.17. The van der Waals surface area contributed by atoms with Gasteiger partial charge < -0.3 is 20.0 Å². The Morgan fingerprint density at radius 1 is 1.08 bits per heavy atom. The maximum atomic E-state index is 12.6. The van der Waals surface area contributed by atoms with Gasteiger partial charge in [0.1, 0.15) is 0 Å². The Labute approximate surface area is 148 Å². The molecule has 1 aromatic rings. The number of carbonyl (C=O) groups is 2. The van der Waals surface area contributed by atoms with E-state index in [0.717, 1.165) is 63.1 Å². The molecule has 4 aliphatic heterocycles. The highest BCUT2D eigenvalue weighted by atomic mass is 16.2. The molecule has 0 unspecified atom stereocenters. The van der Waals surface area contributed by atoms with Gasteiger partial charge in [-0.05, 0) is 30.9 Å². The molecule has 3 saturated heterocycles. The molecule has 4 heterocycles. The molecular weight excluding hydrogens is 316 g/mol. The summed E-state index contributed by atoms with van der Waals surface area (Å²) in [4.78, 5) is 31.4. The molecule has 0 saturated carbocycles. The molecule has 134 valence electrons. The summed E-state index contributed by atoms with van der Waals surface area (Å²) in [7, 11) is 0. The average molecular weight is 342 g/mol. The maximum Gasteiger partial charge on any atom is 0.317 e. The molecule has 25 heavy (non-hydrogen) atoms. The molecule has 0 aliphatic carbocycles. The smallest absolute Gasteiger partial charge is 0.317 e. The van der Waals surface area contributed by atoms with E-state index < -0.39 is 0 Å². The van der Waals surface area contributed by atoms with Crippen LogP contribution < -0.4 is 5.32 Å². The Morgan fingerprint density at radius 2 is 1.88 bits per heavy atom. The second-order valence-corrected chi connectivity index (χ2v) is 7.20. The first-order valence-electron chi connectivity index (χ1n) is 9.36. The molecule has 1 aromatic carbocycles. The minimum atomic E-state index is 0.0265. The molecule has 6 nitrogen and oxygen atoms in total. The van der Waals surface area contributed by atoms with Crippen molar-refractivity contribution >= 4 is 11.9 Å². The van der Waals surface area contributed by atoms with E-state index in [4.69, 9.17) is 0 Å². The van der Waals surface area contributed by atoms with Crippen LogP contribution in [0, 0.1) is 0 Å². The standard InChI is InChI=1S/C19H26N4O2/c24-18-17-4-2-1-3-15(17)5-11-22(18)12-8-20-19(25)23-14-13-21-9-6-16(23)7-10-21/h1-4,16H,5-14H2,(H,20,25). The van der Waals surface area contributed by atoms with Gasteiger partial charge in [-0.3, -0.25) is 4.79 Å². The third-order valence-electron chi connectivity index (χ3n) is 5.76. The van der Waals surface area contributed by atoms with E-state index in [-0.39, 0.29) is 11.9 Å². The van der Waals surface area contributed by atoms with Gasteiger partial charge >= 0.3 is 6.03 Å². The van der Waals surface area contributed by atoms with E-state index in [1.54, 1.807) is 0 Å². The summed E-state index contributed by atoms with van der Waals surface area (Å²) in [6.07, 6.45) is 3.05. The summed E-state index contributed by atoms with van der Waals surface area (Å²) >= 11 is 0. The van der Waals surface area contributed by atoms with Crippen molar-refractivity contribution in [2.75, 3.05) is 45.8 Å². The first-order valence-corrected chi connectivity index (χ1v) is 9.36. The Morgan fingerprint density at radius 3 is 2.72 bits per heavy atom. The number of benzene rings is 1. The Kier molecular flexibility index (Phi) is 4.61. The molecule has 0 atom stereocenters.